The maximum Gasteiger partial charge on any atom is 0.239 e. The third-order valence-electron chi connectivity index (χ3n) is 13.7. The number of aromatic nitrogens is 7. The molecule has 1 aliphatic heterocycles. The second-order valence-corrected chi connectivity index (χ2v) is 18.4. The van der Waals surface area contributed by atoms with E-state index in [-0.39, 0.29) is 0 Å². The van der Waals surface area contributed by atoms with Crippen LogP contribution in [-0.2, 0) is 0 Å². The molecular formula is C66H42N8O. The van der Waals surface area contributed by atoms with Crippen LogP contribution in [0, 0.1) is 0 Å². The quantitative estimate of drug-likeness (QED) is 0.141. The van der Waals surface area contributed by atoms with E-state index in [0.29, 0.717) is 46.7 Å². The molecule has 1 aliphatic rings. The lowest BCUT2D eigenvalue weighted by atomic mass is 9.97. The van der Waals surface area contributed by atoms with Gasteiger partial charge < -0.3 is 4.74 Å². The van der Waals surface area contributed by atoms with Crippen LogP contribution in [-0.4, -0.2) is 34.5 Å². The molecule has 14 rings (SSSR count). The molecule has 4 heterocycles. The third kappa shape index (κ3) is 8.01. The minimum atomic E-state index is 0.490. The fraction of sp³-hybridized carbons (Fsp3) is 0. The summed E-state index contributed by atoms with van der Waals surface area (Å²) in [5.41, 5.74) is 13.7. The maximum absolute atomic E-state index is 6.73. The fourth-order valence-electron chi connectivity index (χ4n) is 10.0. The first-order chi connectivity index (χ1) is 37.1. The smallest absolute Gasteiger partial charge is 0.239 e. The fourth-order valence-corrected chi connectivity index (χ4v) is 10.0. The predicted octanol–water partition coefficient (Wildman–Crippen LogP) is 16.4. The van der Waals surface area contributed by atoms with Crippen molar-refractivity contribution in [1.82, 2.24) is 34.5 Å². The molecule has 0 N–H and O–H groups in total. The number of hydrogen-bond donors (Lipinski definition) is 0. The number of hydrogen-bond acceptors (Lipinski definition) is 8. The van der Waals surface area contributed by atoms with Gasteiger partial charge in [0, 0.05) is 33.0 Å². The van der Waals surface area contributed by atoms with Gasteiger partial charge in [-0.25, -0.2) is 9.97 Å². The van der Waals surface area contributed by atoms with Gasteiger partial charge in [0.15, 0.2) is 34.8 Å². The highest BCUT2D eigenvalue weighted by Gasteiger charge is 2.29. The SMILES string of the molecule is c1ccc(-c2ccc(-c3nc(-c4ccccc4)nc(-n4c5ccccc5c5ccc(-c6cccc(-c7ccc8c(c7)Oc7ccccc7N8c7nc(-c8ccccc8)nc(-c8ccccc8)n7)c6)cc54)n3)cc2)cc1. The Balaban J connectivity index is 0.862. The van der Waals surface area contributed by atoms with Gasteiger partial charge in [-0.2, -0.15) is 19.9 Å². The lowest BCUT2D eigenvalue weighted by molar-refractivity contribution is 0.476. The highest BCUT2D eigenvalue weighted by atomic mass is 16.5. The summed E-state index contributed by atoms with van der Waals surface area (Å²) in [6.45, 7) is 0. The van der Waals surface area contributed by atoms with Crippen molar-refractivity contribution in [2.24, 2.45) is 0 Å². The highest BCUT2D eigenvalue weighted by molar-refractivity contribution is 6.10. The largest absolute Gasteiger partial charge is 0.453 e. The minimum absolute atomic E-state index is 0.490. The predicted molar refractivity (Wildman–Crippen MR) is 300 cm³/mol. The van der Waals surface area contributed by atoms with Crippen LogP contribution in [0.3, 0.4) is 0 Å². The molecule has 0 saturated heterocycles. The number of rotatable bonds is 9. The average Bonchev–Trinajstić information content (AvgIpc) is 3.83. The van der Waals surface area contributed by atoms with E-state index in [1.807, 2.05) is 121 Å². The Bertz CT molecular complexity index is 4200. The number of benzene rings is 10. The van der Waals surface area contributed by atoms with Crippen molar-refractivity contribution >= 4 is 39.1 Å². The molecular weight excluding hydrogens is 921 g/mol. The number of fused-ring (bicyclic) bond motifs is 5. The lowest BCUT2D eigenvalue weighted by Crippen LogP contribution is -2.19. The molecule has 0 unspecified atom stereocenters. The van der Waals surface area contributed by atoms with Crippen LogP contribution < -0.4 is 9.64 Å². The summed E-state index contributed by atoms with van der Waals surface area (Å²) in [5, 5.41) is 2.21. The Labute approximate surface area is 432 Å². The number of nitrogens with zero attached hydrogens (tertiary/aromatic N) is 8. The Morgan fingerprint density at radius 1 is 0.253 bits per heavy atom. The summed E-state index contributed by atoms with van der Waals surface area (Å²) < 4.78 is 8.91. The van der Waals surface area contributed by atoms with Gasteiger partial charge in [0.25, 0.3) is 0 Å². The molecule has 0 aliphatic carbocycles. The normalized spacial score (nSPS) is 11.8. The van der Waals surface area contributed by atoms with Crippen LogP contribution in [0.1, 0.15) is 0 Å². The first-order valence-corrected chi connectivity index (χ1v) is 24.8. The Morgan fingerprint density at radius 2 is 0.667 bits per heavy atom. The second-order valence-electron chi connectivity index (χ2n) is 18.4. The molecule has 0 radical (unpaired) electrons. The van der Waals surface area contributed by atoms with Gasteiger partial charge in [-0.05, 0) is 75.8 Å². The van der Waals surface area contributed by atoms with Gasteiger partial charge in [-0.1, -0.05) is 212 Å². The average molecular weight is 963 g/mol. The highest BCUT2D eigenvalue weighted by Crippen LogP contribution is 2.51. The molecule has 0 saturated carbocycles. The van der Waals surface area contributed by atoms with E-state index in [1.165, 1.54) is 0 Å². The van der Waals surface area contributed by atoms with Crippen LogP contribution >= 0.6 is 0 Å². The van der Waals surface area contributed by atoms with E-state index in [0.717, 1.165) is 88.8 Å². The molecule has 0 fully saturated rings. The molecule has 0 amide bonds. The molecule has 0 bridgehead atoms. The molecule has 10 aromatic carbocycles. The zero-order valence-electron chi connectivity index (χ0n) is 40.2. The van der Waals surface area contributed by atoms with Crippen LogP contribution in [0.15, 0.2) is 255 Å². The van der Waals surface area contributed by atoms with Crippen molar-refractivity contribution in [3.05, 3.63) is 255 Å². The van der Waals surface area contributed by atoms with Gasteiger partial charge in [0.2, 0.25) is 11.9 Å². The standard InChI is InChI=1S/C66H42N8O/c1-5-18-43(19-6-1)44-32-34-48(35-33-44)64-68-63(47-24-11-4-12-25-47)69-65(72-64)73-55-29-14-13-28-53(55)54-38-36-51(41-58(54)73)49-26-17-27-50(40-49)52-37-39-57-60(42-52)75-59-31-16-15-30-56(59)74(57)66-70-61(45-20-7-2-8-21-45)67-62(71-66)46-22-9-3-10-23-46/h1-42H. The number of ether oxygens (including phenoxy) is 1. The Hall–Kier alpha value is -10.4. The molecule has 0 spiro atoms. The van der Waals surface area contributed by atoms with Gasteiger partial charge in [-0.15, -0.1) is 0 Å². The zero-order valence-corrected chi connectivity index (χ0v) is 40.2. The molecule has 9 heteroatoms. The molecule has 352 valence electrons. The first kappa shape index (κ1) is 43.4. The van der Waals surface area contributed by atoms with Crippen molar-refractivity contribution in [3.8, 4) is 96.4 Å². The monoisotopic (exact) mass is 962 g/mol. The molecule has 13 aromatic rings. The summed E-state index contributed by atoms with van der Waals surface area (Å²) in [5.74, 6) is 4.76. The molecule has 0 atom stereocenters. The summed E-state index contributed by atoms with van der Waals surface area (Å²) in [6, 6.07) is 87.1. The van der Waals surface area contributed by atoms with E-state index < -0.39 is 0 Å². The van der Waals surface area contributed by atoms with Crippen LogP contribution in [0.4, 0.5) is 17.3 Å². The number of para-hydroxylation sites is 3. The van der Waals surface area contributed by atoms with E-state index in [4.69, 9.17) is 34.6 Å². The third-order valence-corrected chi connectivity index (χ3v) is 13.7. The van der Waals surface area contributed by atoms with E-state index in [9.17, 15) is 0 Å². The second kappa shape index (κ2) is 18.3. The molecule has 3 aromatic heterocycles. The summed E-state index contributed by atoms with van der Waals surface area (Å²) in [7, 11) is 0. The van der Waals surface area contributed by atoms with Crippen molar-refractivity contribution < 1.29 is 4.74 Å². The zero-order chi connectivity index (χ0) is 49.7. The van der Waals surface area contributed by atoms with Gasteiger partial charge >= 0.3 is 0 Å². The Kier molecular flexibility index (Phi) is 10.6. The van der Waals surface area contributed by atoms with Crippen LogP contribution in [0.2, 0.25) is 0 Å². The van der Waals surface area contributed by atoms with Gasteiger partial charge in [0.1, 0.15) is 0 Å². The van der Waals surface area contributed by atoms with E-state index >= 15 is 0 Å². The van der Waals surface area contributed by atoms with Crippen molar-refractivity contribution in [2.75, 3.05) is 4.90 Å². The van der Waals surface area contributed by atoms with Crippen molar-refractivity contribution in [3.63, 3.8) is 0 Å². The van der Waals surface area contributed by atoms with E-state index in [2.05, 4.69) is 143 Å². The van der Waals surface area contributed by atoms with Crippen LogP contribution in [0.25, 0.3) is 107 Å². The van der Waals surface area contributed by atoms with Gasteiger partial charge in [-0.3, -0.25) is 9.47 Å². The van der Waals surface area contributed by atoms with Crippen molar-refractivity contribution in [2.45, 2.75) is 0 Å². The maximum atomic E-state index is 6.73. The summed E-state index contributed by atoms with van der Waals surface area (Å²) >= 11 is 0. The van der Waals surface area contributed by atoms with Crippen molar-refractivity contribution in [1.29, 1.82) is 0 Å². The number of anilines is 3. The topological polar surface area (TPSA) is 94.7 Å². The summed E-state index contributed by atoms with van der Waals surface area (Å²) in [4.78, 5) is 32.8. The molecule has 75 heavy (non-hydrogen) atoms. The van der Waals surface area contributed by atoms with E-state index in [1.54, 1.807) is 0 Å². The molecule has 9 nitrogen and oxygen atoms in total. The summed E-state index contributed by atoms with van der Waals surface area (Å²) in [6.07, 6.45) is 0. The lowest BCUT2D eigenvalue weighted by Gasteiger charge is -2.31. The first-order valence-electron chi connectivity index (χ1n) is 24.8. The van der Waals surface area contributed by atoms with Crippen LogP contribution in [0.5, 0.6) is 11.5 Å². The van der Waals surface area contributed by atoms with Gasteiger partial charge in [0.05, 0.1) is 22.4 Å². The minimum Gasteiger partial charge on any atom is -0.453 e. The Morgan fingerprint density at radius 3 is 1.29 bits per heavy atom.